The second kappa shape index (κ2) is 7.96. The molecule has 21 heavy (non-hydrogen) atoms. The number of anilines is 1. The second-order valence-electron chi connectivity index (χ2n) is 4.25. The fourth-order valence-corrected chi connectivity index (χ4v) is 2.60. The van der Waals surface area contributed by atoms with Crippen LogP contribution in [0.3, 0.4) is 0 Å². The van der Waals surface area contributed by atoms with Crippen molar-refractivity contribution in [3.63, 3.8) is 0 Å². The number of hydrogen-bond donors (Lipinski definition) is 1. The van der Waals surface area contributed by atoms with Crippen molar-refractivity contribution in [3.05, 3.63) is 53.6 Å². The predicted octanol–water partition coefficient (Wildman–Crippen LogP) is 4.47. The highest BCUT2D eigenvalue weighted by molar-refractivity contribution is 8.00. The van der Waals surface area contributed by atoms with Crippen molar-refractivity contribution in [1.82, 2.24) is 0 Å². The number of thioether (sulfide) groups is 1. The molecule has 0 aliphatic rings. The Morgan fingerprint density at radius 2 is 2.00 bits per heavy atom. The molecule has 1 N–H and O–H groups in total. The molecule has 0 saturated heterocycles. The van der Waals surface area contributed by atoms with E-state index in [1.54, 1.807) is 18.2 Å². The Hall–Kier alpha value is -1.65. The van der Waals surface area contributed by atoms with E-state index in [4.69, 9.17) is 16.3 Å². The summed E-state index contributed by atoms with van der Waals surface area (Å²) in [6.07, 6.45) is 0. The molecule has 5 heteroatoms. The van der Waals surface area contributed by atoms with Crippen molar-refractivity contribution in [3.8, 4) is 5.75 Å². The number of ether oxygens (including phenoxy) is 1. The Morgan fingerprint density at radius 1 is 1.24 bits per heavy atom. The highest BCUT2D eigenvalue weighted by atomic mass is 35.5. The van der Waals surface area contributed by atoms with Gasteiger partial charge in [-0.1, -0.05) is 17.7 Å². The molecule has 2 rings (SSSR count). The fourth-order valence-electron chi connectivity index (χ4n) is 1.71. The average Bonchev–Trinajstić information content (AvgIpc) is 2.47. The van der Waals surface area contributed by atoms with Crippen LogP contribution in [0.2, 0.25) is 5.02 Å². The molecule has 110 valence electrons. The Labute approximate surface area is 133 Å². The normalized spacial score (nSPS) is 10.2. The molecular weight excluding hydrogens is 306 g/mol. The zero-order valence-corrected chi connectivity index (χ0v) is 13.2. The van der Waals surface area contributed by atoms with Gasteiger partial charge in [0.2, 0.25) is 5.91 Å². The molecule has 0 bridgehead atoms. The smallest absolute Gasteiger partial charge is 0.234 e. The summed E-state index contributed by atoms with van der Waals surface area (Å²) in [7, 11) is 0. The first-order valence-corrected chi connectivity index (χ1v) is 7.95. The minimum atomic E-state index is -0.0591. The number of carbonyl (C=O) groups is 1. The van der Waals surface area contributed by atoms with Gasteiger partial charge in [0.25, 0.3) is 0 Å². The molecule has 0 saturated carbocycles. The van der Waals surface area contributed by atoms with E-state index in [-0.39, 0.29) is 5.91 Å². The van der Waals surface area contributed by atoms with Gasteiger partial charge >= 0.3 is 0 Å². The van der Waals surface area contributed by atoms with Crippen LogP contribution in [0, 0.1) is 0 Å². The van der Waals surface area contributed by atoms with E-state index >= 15 is 0 Å². The lowest BCUT2D eigenvalue weighted by atomic mass is 10.3. The van der Waals surface area contributed by atoms with Crippen LogP contribution in [0.1, 0.15) is 6.92 Å². The minimum absolute atomic E-state index is 0.0591. The summed E-state index contributed by atoms with van der Waals surface area (Å²) in [5, 5.41) is 3.42. The monoisotopic (exact) mass is 321 g/mol. The first kappa shape index (κ1) is 15.7. The first-order chi connectivity index (χ1) is 10.2. The Kier molecular flexibility index (Phi) is 5.96. The largest absolute Gasteiger partial charge is 0.494 e. The van der Waals surface area contributed by atoms with Crippen molar-refractivity contribution in [2.24, 2.45) is 0 Å². The molecule has 0 aliphatic carbocycles. The molecule has 0 fully saturated rings. The number of carbonyl (C=O) groups excluding carboxylic acids is 1. The van der Waals surface area contributed by atoms with Crippen LogP contribution in [0.15, 0.2) is 53.4 Å². The number of halogens is 1. The molecule has 0 spiro atoms. The van der Waals surface area contributed by atoms with Crippen LogP contribution in [0.4, 0.5) is 5.69 Å². The zero-order chi connectivity index (χ0) is 15.1. The molecule has 0 heterocycles. The van der Waals surface area contributed by atoms with Crippen molar-refractivity contribution in [1.29, 1.82) is 0 Å². The second-order valence-corrected chi connectivity index (χ2v) is 5.74. The number of benzene rings is 2. The topological polar surface area (TPSA) is 38.3 Å². The van der Waals surface area contributed by atoms with E-state index in [9.17, 15) is 4.79 Å². The number of nitrogens with one attached hydrogen (secondary N) is 1. The van der Waals surface area contributed by atoms with Gasteiger partial charge in [-0.2, -0.15) is 0 Å². The molecule has 0 atom stereocenters. The van der Waals surface area contributed by atoms with Crippen LogP contribution >= 0.6 is 23.4 Å². The van der Waals surface area contributed by atoms with Crippen LogP contribution in [-0.2, 0) is 4.79 Å². The summed E-state index contributed by atoms with van der Waals surface area (Å²) in [4.78, 5) is 12.9. The fraction of sp³-hybridized carbons (Fsp3) is 0.188. The SMILES string of the molecule is CCOc1ccc(SCC(=O)Nc2cccc(Cl)c2)cc1. The maximum Gasteiger partial charge on any atom is 0.234 e. The van der Waals surface area contributed by atoms with Crippen LogP contribution < -0.4 is 10.1 Å². The maximum atomic E-state index is 11.9. The lowest BCUT2D eigenvalue weighted by Gasteiger charge is -2.06. The predicted molar refractivity (Wildman–Crippen MR) is 88.4 cm³/mol. The van der Waals surface area contributed by atoms with Crippen molar-refractivity contribution in [2.75, 3.05) is 17.7 Å². The van der Waals surface area contributed by atoms with E-state index in [1.165, 1.54) is 11.8 Å². The summed E-state index contributed by atoms with van der Waals surface area (Å²) in [5.74, 6) is 1.13. The molecule has 1 amide bonds. The highest BCUT2D eigenvalue weighted by Crippen LogP contribution is 2.22. The standard InChI is InChI=1S/C16H16ClNO2S/c1-2-20-14-6-8-15(9-7-14)21-11-16(19)18-13-5-3-4-12(17)10-13/h3-10H,2,11H2,1H3,(H,18,19). The van der Waals surface area contributed by atoms with E-state index < -0.39 is 0 Å². The molecule has 2 aromatic rings. The van der Waals surface area contributed by atoms with Crippen LogP contribution in [0.5, 0.6) is 5.75 Å². The van der Waals surface area contributed by atoms with Crippen molar-refractivity contribution < 1.29 is 9.53 Å². The van der Waals surface area contributed by atoms with E-state index in [0.29, 0.717) is 23.1 Å². The van der Waals surface area contributed by atoms with Gasteiger partial charge < -0.3 is 10.1 Å². The third-order valence-corrected chi connectivity index (χ3v) is 3.86. The zero-order valence-electron chi connectivity index (χ0n) is 11.6. The van der Waals surface area contributed by atoms with Gasteiger partial charge in [0.05, 0.1) is 12.4 Å². The van der Waals surface area contributed by atoms with E-state index in [2.05, 4.69) is 5.32 Å². The molecule has 0 unspecified atom stereocenters. The molecule has 3 nitrogen and oxygen atoms in total. The Morgan fingerprint density at radius 3 is 2.67 bits per heavy atom. The molecule has 0 aliphatic heterocycles. The first-order valence-electron chi connectivity index (χ1n) is 6.58. The summed E-state index contributed by atoms with van der Waals surface area (Å²) in [5.41, 5.74) is 0.708. The quantitative estimate of drug-likeness (QED) is 0.798. The summed E-state index contributed by atoms with van der Waals surface area (Å²) < 4.78 is 5.38. The Bertz CT molecular complexity index is 601. The van der Waals surface area contributed by atoms with Gasteiger partial charge in [-0.3, -0.25) is 4.79 Å². The summed E-state index contributed by atoms with van der Waals surface area (Å²) in [6, 6.07) is 14.8. The lowest BCUT2D eigenvalue weighted by molar-refractivity contribution is -0.113. The van der Waals surface area contributed by atoms with Gasteiger partial charge in [-0.15, -0.1) is 11.8 Å². The number of amides is 1. The number of hydrogen-bond acceptors (Lipinski definition) is 3. The van der Waals surface area contributed by atoms with Crippen molar-refractivity contribution in [2.45, 2.75) is 11.8 Å². The van der Waals surface area contributed by atoms with E-state index in [1.807, 2.05) is 37.3 Å². The van der Waals surface area contributed by atoms with E-state index in [0.717, 1.165) is 10.6 Å². The van der Waals surface area contributed by atoms with Gasteiger partial charge in [-0.25, -0.2) is 0 Å². The third kappa shape index (κ3) is 5.33. The molecular formula is C16H16ClNO2S. The third-order valence-electron chi connectivity index (χ3n) is 2.61. The average molecular weight is 322 g/mol. The van der Waals surface area contributed by atoms with Gasteiger partial charge in [0.1, 0.15) is 5.75 Å². The van der Waals surface area contributed by atoms with Crippen LogP contribution in [-0.4, -0.2) is 18.3 Å². The molecule has 2 aromatic carbocycles. The number of rotatable bonds is 6. The van der Waals surface area contributed by atoms with Gasteiger partial charge in [0, 0.05) is 15.6 Å². The highest BCUT2D eigenvalue weighted by Gasteiger charge is 2.04. The Balaban J connectivity index is 1.83. The minimum Gasteiger partial charge on any atom is -0.494 e. The van der Waals surface area contributed by atoms with Gasteiger partial charge in [0.15, 0.2) is 0 Å². The summed E-state index contributed by atoms with van der Waals surface area (Å²) in [6.45, 7) is 2.59. The maximum absolute atomic E-state index is 11.9. The summed E-state index contributed by atoms with van der Waals surface area (Å²) >= 11 is 7.35. The van der Waals surface area contributed by atoms with Crippen molar-refractivity contribution >= 4 is 35.0 Å². The van der Waals surface area contributed by atoms with Gasteiger partial charge in [-0.05, 0) is 49.4 Å². The molecule has 0 aromatic heterocycles. The molecule has 0 radical (unpaired) electrons. The lowest BCUT2D eigenvalue weighted by Crippen LogP contribution is -2.13. The van der Waals surface area contributed by atoms with Crippen LogP contribution in [0.25, 0.3) is 0 Å².